The van der Waals surface area contributed by atoms with Gasteiger partial charge in [-0.25, -0.2) is 0 Å². The lowest BCUT2D eigenvalue weighted by molar-refractivity contribution is -0.126. The molecular formula is C14H21N3O. The van der Waals surface area contributed by atoms with Gasteiger partial charge in [-0.2, -0.15) is 0 Å². The maximum atomic E-state index is 12.1. The number of aryl methyl sites for hydroxylation is 1. The van der Waals surface area contributed by atoms with Crippen LogP contribution in [-0.2, 0) is 11.3 Å². The van der Waals surface area contributed by atoms with E-state index in [0.717, 1.165) is 24.9 Å². The third-order valence-electron chi connectivity index (χ3n) is 3.60. The summed E-state index contributed by atoms with van der Waals surface area (Å²) in [4.78, 5) is 16.2. The third kappa shape index (κ3) is 3.29. The molecule has 1 aliphatic heterocycles. The first kappa shape index (κ1) is 13.0. The highest BCUT2D eigenvalue weighted by Crippen LogP contribution is 2.16. The molecule has 0 aliphatic carbocycles. The van der Waals surface area contributed by atoms with Gasteiger partial charge in [-0.05, 0) is 50.4 Å². The van der Waals surface area contributed by atoms with Crippen LogP contribution < -0.4 is 10.6 Å². The number of hydrogen-bond donors (Lipinski definition) is 2. The van der Waals surface area contributed by atoms with Gasteiger partial charge in [-0.3, -0.25) is 9.78 Å². The highest BCUT2D eigenvalue weighted by Gasteiger charge is 2.24. The Bertz CT molecular complexity index is 419. The monoisotopic (exact) mass is 247 g/mol. The molecule has 1 aromatic rings. The van der Waals surface area contributed by atoms with Crippen molar-refractivity contribution in [1.82, 2.24) is 15.6 Å². The predicted molar refractivity (Wildman–Crippen MR) is 71.0 cm³/mol. The van der Waals surface area contributed by atoms with Gasteiger partial charge in [-0.1, -0.05) is 0 Å². The molecule has 0 aromatic carbocycles. The normalized spacial score (nSPS) is 23.7. The molecule has 18 heavy (non-hydrogen) atoms. The quantitative estimate of drug-likeness (QED) is 0.849. The van der Waals surface area contributed by atoms with Gasteiger partial charge in [0.05, 0.1) is 0 Å². The second kappa shape index (κ2) is 5.96. The SMILES string of the molecule is Cc1ccncc1CNC(=O)C1CCNC(C)C1. The summed E-state index contributed by atoms with van der Waals surface area (Å²) < 4.78 is 0. The van der Waals surface area contributed by atoms with Crippen molar-refractivity contribution < 1.29 is 4.79 Å². The molecule has 1 saturated heterocycles. The number of nitrogens with one attached hydrogen (secondary N) is 2. The van der Waals surface area contributed by atoms with Gasteiger partial charge in [0.2, 0.25) is 5.91 Å². The van der Waals surface area contributed by atoms with E-state index in [0.29, 0.717) is 12.6 Å². The molecule has 1 fully saturated rings. The molecule has 2 heterocycles. The van der Waals surface area contributed by atoms with E-state index in [4.69, 9.17) is 0 Å². The summed E-state index contributed by atoms with van der Waals surface area (Å²) in [5.41, 5.74) is 2.26. The predicted octanol–water partition coefficient (Wildman–Crippen LogP) is 1.39. The zero-order valence-corrected chi connectivity index (χ0v) is 11.1. The molecule has 2 N–H and O–H groups in total. The van der Waals surface area contributed by atoms with Crippen molar-refractivity contribution in [3.05, 3.63) is 29.6 Å². The summed E-state index contributed by atoms with van der Waals surface area (Å²) in [5.74, 6) is 0.324. The maximum absolute atomic E-state index is 12.1. The number of aromatic nitrogens is 1. The van der Waals surface area contributed by atoms with Crippen molar-refractivity contribution in [1.29, 1.82) is 0 Å². The molecule has 98 valence electrons. The van der Waals surface area contributed by atoms with Crippen molar-refractivity contribution in [2.75, 3.05) is 6.54 Å². The van der Waals surface area contributed by atoms with Crippen LogP contribution in [0, 0.1) is 12.8 Å². The minimum atomic E-state index is 0.151. The van der Waals surface area contributed by atoms with Gasteiger partial charge < -0.3 is 10.6 Å². The Balaban J connectivity index is 1.86. The zero-order valence-electron chi connectivity index (χ0n) is 11.1. The van der Waals surface area contributed by atoms with E-state index in [1.54, 1.807) is 6.20 Å². The number of amides is 1. The van der Waals surface area contributed by atoms with Crippen LogP contribution >= 0.6 is 0 Å². The summed E-state index contributed by atoms with van der Waals surface area (Å²) >= 11 is 0. The van der Waals surface area contributed by atoms with E-state index in [1.807, 2.05) is 19.2 Å². The highest BCUT2D eigenvalue weighted by molar-refractivity contribution is 5.78. The van der Waals surface area contributed by atoms with Gasteiger partial charge in [-0.15, -0.1) is 0 Å². The fourth-order valence-corrected chi connectivity index (χ4v) is 2.38. The highest BCUT2D eigenvalue weighted by atomic mass is 16.1. The molecule has 1 aromatic heterocycles. The molecule has 2 atom stereocenters. The van der Waals surface area contributed by atoms with Crippen LogP contribution in [0.4, 0.5) is 0 Å². The minimum absolute atomic E-state index is 0.151. The number of hydrogen-bond acceptors (Lipinski definition) is 3. The first-order valence-corrected chi connectivity index (χ1v) is 6.57. The Kier molecular flexibility index (Phi) is 4.31. The molecule has 0 saturated carbocycles. The summed E-state index contributed by atoms with van der Waals surface area (Å²) in [6.45, 7) is 5.68. The standard InChI is InChI=1S/C14H21N3O/c1-10-3-5-15-8-13(10)9-17-14(18)12-4-6-16-11(2)7-12/h3,5,8,11-12,16H,4,6-7,9H2,1-2H3,(H,17,18). The number of piperidine rings is 1. The third-order valence-corrected chi connectivity index (χ3v) is 3.60. The number of carbonyl (C=O) groups excluding carboxylic acids is 1. The summed E-state index contributed by atoms with van der Waals surface area (Å²) in [6, 6.07) is 2.41. The molecule has 1 aliphatic rings. The van der Waals surface area contributed by atoms with Crippen LogP contribution in [0.2, 0.25) is 0 Å². The fraction of sp³-hybridized carbons (Fsp3) is 0.571. The Morgan fingerprint density at radius 3 is 3.17 bits per heavy atom. The van der Waals surface area contributed by atoms with Crippen molar-refractivity contribution in [3.63, 3.8) is 0 Å². The van der Waals surface area contributed by atoms with Gasteiger partial charge in [0, 0.05) is 30.9 Å². The second-order valence-corrected chi connectivity index (χ2v) is 5.10. The lowest BCUT2D eigenvalue weighted by atomic mass is 9.92. The second-order valence-electron chi connectivity index (χ2n) is 5.10. The number of pyridine rings is 1. The van der Waals surface area contributed by atoms with E-state index in [-0.39, 0.29) is 11.8 Å². The average molecular weight is 247 g/mol. The van der Waals surface area contributed by atoms with Gasteiger partial charge in [0.25, 0.3) is 0 Å². The van der Waals surface area contributed by atoms with E-state index in [9.17, 15) is 4.79 Å². The molecule has 2 unspecified atom stereocenters. The Morgan fingerprint density at radius 1 is 1.61 bits per heavy atom. The smallest absolute Gasteiger partial charge is 0.223 e. The molecule has 1 amide bonds. The van der Waals surface area contributed by atoms with Gasteiger partial charge >= 0.3 is 0 Å². The zero-order chi connectivity index (χ0) is 13.0. The van der Waals surface area contributed by atoms with Crippen molar-refractivity contribution >= 4 is 5.91 Å². The van der Waals surface area contributed by atoms with E-state index < -0.39 is 0 Å². The topological polar surface area (TPSA) is 54.0 Å². The van der Waals surface area contributed by atoms with Crippen molar-refractivity contribution in [3.8, 4) is 0 Å². The molecule has 0 spiro atoms. The first-order valence-electron chi connectivity index (χ1n) is 6.57. The lowest BCUT2D eigenvalue weighted by Crippen LogP contribution is -2.42. The van der Waals surface area contributed by atoms with E-state index in [2.05, 4.69) is 22.5 Å². The Morgan fingerprint density at radius 2 is 2.44 bits per heavy atom. The van der Waals surface area contributed by atoms with E-state index in [1.165, 1.54) is 5.56 Å². The molecule has 0 radical (unpaired) electrons. The number of nitrogens with zero attached hydrogens (tertiary/aromatic N) is 1. The first-order chi connectivity index (χ1) is 8.66. The summed E-state index contributed by atoms with van der Waals surface area (Å²) in [5, 5.41) is 6.38. The molecular weight excluding hydrogens is 226 g/mol. The fourth-order valence-electron chi connectivity index (χ4n) is 2.38. The van der Waals surface area contributed by atoms with Crippen LogP contribution in [0.1, 0.15) is 30.9 Å². The number of carbonyl (C=O) groups is 1. The Labute approximate surface area is 108 Å². The molecule has 4 nitrogen and oxygen atoms in total. The van der Waals surface area contributed by atoms with Crippen LogP contribution in [0.5, 0.6) is 0 Å². The summed E-state index contributed by atoms with van der Waals surface area (Å²) in [6.07, 6.45) is 5.45. The largest absolute Gasteiger partial charge is 0.352 e. The number of rotatable bonds is 3. The Hall–Kier alpha value is -1.42. The minimum Gasteiger partial charge on any atom is -0.352 e. The van der Waals surface area contributed by atoms with Gasteiger partial charge in [0.1, 0.15) is 0 Å². The van der Waals surface area contributed by atoms with Crippen LogP contribution in [0.25, 0.3) is 0 Å². The van der Waals surface area contributed by atoms with Crippen LogP contribution in [0.15, 0.2) is 18.5 Å². The summed E-state index contributed by atoms with van der Waals surface area (Å²) in [7, 11) is 0. The molecule has 2 rings (SSSR count). The lowest BCUT2D eigenvalue weighted by Gasteiger charge is -2.27. The van der Waals surface area contributed by atoms with Crippen molar-refractivity contribution in [2.45, 2.75) is 39.3 Å². The molecule has 4 heteroatoms. The van der Waals surface area contributed by atoms with Crippen LogP contribution in [-0.4, -0.2) is 23.5 Å². The average Bonchev–Trinajstić information content (AvgIpc) is 2.37. The van der Waals surface area contributed by atoms with Gasteiger partial charge in [0.15, 0.2) is 0 Å². The molecule has 0 bridgehead atoms. The van der Waals surface area contributed by atoms with E-state index >= 15 is 0 Å². The van der Waals surface area contributed by atoms with Crippen LogP contribution in [0.3, 0.4) is 0 Å². The maximum Gasteiger partial charge on any atom is 0.223 e. The van der Waals surface area contributed by atoms with Crippen molar-refractivity contribution in [2.24, 2.45) is 5.92 Å².